The summed E-state index contributed by atoms with van der Waals surface area (Å²) in [6.45, 7) is 14.4. The monoisotopic (exact) mass is 629 g/mol. The van der Waals surface area contributed by atoms with Gasteiger partial charge in [0.15, 0.2) is 0 Å². The van der Waals surface area contributed by atoms with Crippen molar-refractivity contribution in [2.75, 3.05) is 26.2 Å². The average molecular weight is 630 g/mol. The fourth-order valence-corrected chi connectivity index (χ4v) is 6.84. The molecule has 4 rings (SSSR count). The molecule has 0 amide bonds. The van der Waals surface area contributed by atoms with Crippen molar-refractivity contribution in [2.45, 2.75) is 47.0 Å². The Kier molecular flexibility index (Phi) is 10.1. The second kappa shape index (κ2) is 13.5. The number of H-pyrrole nitrogens is 1. The Balaban J connectivity index is 1.82. The van der Waals surface area contributed by atoms with Crippen LogP contribution in [0.5, 0.6) is 11.5 Å². The summed E-state index contributed by atoms with van der Waals surface area (Å²) in [6, 6.07) is 18.8. The summed E-state index contributed by atoms with van der Waals surface area (Å²) in [4.78, 5) is 45.1. The van der Waals surface area contributed by atoms with Crippen LogP contribution in [0.25, 0.3) is 22.0 Å². The van der Waals surface area contributed by atoms with Crippen molar-refractivity contribution in [3.05, 3.63) is 88.2 Å². The van der Waals surface area contributed by atoms with Crippen molar-refractivity contribution < 1.29 is 19.1 Å². The number of ether oxygens (including phenoxy) is 2. The van der Waals surface area contributed by atoms with Gasteiger partial charge in [0.25, 0.3) is 0 Å². The molecule has 42 heavy (non-hydrogen) atoms. The standard InChI is InChI=1S/C34H38AsN2O5/c1-7-37(8-2)21-31(38)42-30-19-28(35-33(40)26-20-36-29-13-11-10-12-24(29)32(26)39)25(18-27(30)34(4,5)6)22-14-16-23(17-15-22)41-9-3/h10-20H,7-9,21H2,1-6H3,(H,36,39). The number of rotatable bonds is 11. The van der Waals surface area contributed by atoms with Crippen molar-refractivity contribution in [2.24, 2.45) is 0 Å². The Bertz CT molecular complexity index is 1630. The molecule has 0 saturated heterocycles. The maximum absolute atomic E-state index is 13.7. The van der Waals surface area contributed by atoms with Gasteiger partial charge in [0.05, 0.1) is 0 Å². The summed E-state index contributed by atoms with van der Waals surface area (Å²) in [5, 5.41) is 0.477. The molecule has 0 bridgehead atoms. The summed E-state index contributed by atoms with van der Waals surface area (Å²) >= 11 is -1.16. The molecule has 0 aliphatic heterocycles. The first-order valence-corrected chi connectivity index (χ1v) is 16.1. The van der Waals surface area contributed by atoms with Crippen LogP contribution in [-0.4, -0.2) is 62.4 Å². The number of esters is 1. The van der Waals surface area contributed by atoms with E-state index in [-0.39, 0.29) is 33.5 Å². The van der Waals surface area contributed by atoms with Crippen LogP contribution >= 0.6 is 0 Å². The number of aromatic amines is 1. The molecule has 0 fully saturated rings. The molecule has 0 aliphatic carbocycles. The van der Waals surface area contributed by atoms with Gasteiger partial charge >= 0.3 is 255 Å². The number of benzene rings is 3. The van der Waals surface area contributed by atoms with Crippen molar-refractivity contribution in [1.29, 1.82) is 0 Å². The molecule has 0 saturated carbocycles. The zero-order valence-electron chi connectivity index (χ0n) is 25.1. The van der Waals surface area contributed by atoms with E-state index in [1.165, 1.54) is 6.20 Å². The van der Waals surface area contributed by atoms with Crippen molar-refractivity contribution in [1.82, 2.24) is 9.88 Å². The molecular formula is C34H38AsN2O5. The van der Waals surface area contributed by atoms with Crippen LogP contribution in [0.4, 0.5) is 0 Å². The van der Waals surface area contributed by atoms with E-state index in [2.05, 4.69) is 25.8 Å². The van der Waals surface area contributed by atoms with E-state index in [9.17, 15) is 14.4 Å². The van der Waals surface area contributed by atoms with Gasteiger partial charge in [-0.05, 0) is 0 Å². The van der Waals surface area contributed by atoms with Gasteiger partial charge < -0.3 is 0 Å². The number of carbonyl (C=O) groups is 2. The van der Waals surface area contributed by atoms with Crippen LogP contribution in [0, 0.1) is 0 Å². The predicted octanol–water partition coefficient (Wildman–Crippen LogP) is 5.31. The van der Waals surface area contributed by atoms with E-state index in [1.54, 1.807) is 12.1 Å². The van der Waals surface area contributed by atoms with Crippen LogP contribution in [0.2, 0.25) is 0 Å². The number of para-hydroxylation sites is 1. The number of pyridine rings is 1. The van der Waals surface area contributed by atoms with Crippen molar-refractivity contribution in [3.63, 3.8) is 0 Å². The Labute approximate surface area is 253 Å². The molecule has 0 aliphatic rings. The van der Waals surface area contributed by atoms with Gasteiger partial charge in [-0.15, -0.1) is 0 Å². The number of nitrogens with zero attached hydrogens (tertiary/aromatic N) is 1. The molecule has 3 aromatic carbocycles. The van der Waals surface area contributed by atoms with E-state index in [4.69, 9.17) is 9.47 Å². The van der Waals surface area contributed by atoms with Gasteiger partial charge in [-0.3, -0.25) is 0 Å². The number of hydrogen-bond donors (Lipinski definition) is 1. The molecule has 8 heteroatoms. The van der Waals surface area contributed by atoms with E-state index in [1.807, 2.05) is 74.2 Å². The Morgan fingerprint density at radius 2 is 1.64 bits per heavy atom. The first-order valence-electron chi connectivity index (χ1n) is 14.3. The third-order valence-corrected chi connectivity index (χ3v) is 9.31. The van der Waals surface area contributed by atoms with Crippen LogP contribution in [-0.2, 0) is 10.2 Å². The molecule has 7 nitrogen and oxygen atoms in total. The van der Waals surface area contributed by atoms with Crippen LogP contribution in [0.15, 0.2) is 71.7 Å². The van der Waals surface area contributed by atoms with Gasteiger partial charge in [-0.2, -0.15) is 0 Å². The number of nitrogens with one attached hydrogen (secondary N) is 1. The molecule has 1 N–H and O–H groups in total. The molecule has 0 spiro atoms. The third-order valence-electron chi connectivity index (χ3n) is 7.09. The zero-order chi connectivity index (χ0) is 30.4. The molecular weight excluding hydrogens is 591 g/mol. The second-order valence-corrected chi connectivity index (χ2v) is 13.3. The van der Waals surface area contributed by atoms with Gasteiger partial charge in [0.2, 0.25) is 0 Å². The second-order valence-electron chi connectivity index (χ2n) is 11.0. The molecule has 0 atom stereocenters. The number of carbonyl (C=O) groups excluding carboxylic acids is 2. The SMILES string of the molecule is CCOc1ccc(-c2cc(C(C)(C)C)c(OC(=O)CN(CC)CC)cc2[As]C(=O)c2c[nH]c3ccccc3c2=O)cc1. The summed E-state index contributed by atoms with van der Waals surface area (Å²) in [6.07, 6.45) is 1.51. The zero-order valence-corrected chi connectivity index (χ0v) is 27.0. The van der Waals surface area contributed by atoms with E-state index in [0.717, 1.165) is 39.9 Å². The summed E-state index contributed by atoms with van der Waals surface area (Å²) < 4.78 is 12.2. The van der Waals surface area contributed by atoms with Gasteiger partial charge in [0.1, 0.15) is 0 Å². The van der Waals surface area contributed by atoms with E-state index >= 15 is 0 Å². The Morgan fingerprint density at radius 1 is 0.952 bits per heavy atom. The minimum atomic E-state index is -1.16. The molecule has 1 heterocycles. The van der Waals surface area contributed by atoms with Crippen LogP contribution in [0.1, 0.15) is 57.5 Å². The van der Waals surface area contributed by atoms with E-state index < -0.39 is 15.8 Å². The number of hydrogen-bond acceptors (Lipinski definition) is 6. The number of likely N-dealkylation sites (N-methyl/N-ethyl adjacent to an activating group) is 1. The molecule has 219 valence electrons. The fourth-order valence-electron chi connectivity index (χ4n) is 4.74. The Hall–Kier alpha value is -3.67. The first kappa shape index (κ1) is 31.3. The normalized spacial score (nSPS) is 11.9. The van der Waals surface area contributed by atoms with Crippen LogP contribution in [0.3, 0.4) is 0 Å². The quantitative estimate of drug-likeness (QED) is 0.138. The van der Waals surface area contributed by atoms with Gasteiger partial charge in [-0.1, -0.05) is 0 Å². The Morgan fingerprint density at radius 3 is 2.29 bits per heavy atom. The molecule has 1 radical (unpaired) electrons. The van der Waals surface area contributed by atoms with Crippen molar-refractivity contribution in [3.8, 4) is 22.6 Å². The summed E-state index contributed by atoms with van der Waals surface area (Å²) in [7, 11) is 0. The average Bonchev–Trinajstić information content (AvgIpc) is 2.96. The predicted molar refractivity (Wildman–Crippen MR) is 169 cm³/mol. The van der Waals surface area contributed by atoms with Crippen LogP contribution < -0.4 is 19.3 Å². The van der Waals surface area contributed by atoms with Gasteiger partial charge in [-0.25, -0.2) is 0 Å². The molecule has 0 unspecified atom stereocenters. The van der Waals surface area contributed by atoms with Crippen molar-refractivity contribution >= 4 is 41.5 Å². The molecule has 4 aromatic rings. The van der Waals surface area contributed by atoms with E-state index in [0.29, 0.717) is 23.3 Å². The topological polar surface area (TPSA) is 88.7 Å². The fraction of sp³-hybridized carbons (Fsp3) is 0.324. The third kappa shape index (κ3) is 7.21. The summed E-state index contributed by atoms with van der Waals surface area (Å²) in [5.41, 5.74) is 2.82. The summed E-state index contributed by atoms with van der Waals surface area (Å²) in [5.74, 6) is 0.852. The first-order chi connectivity index (χ1) is 20.0. The minimum absolute atomic E-state index is 0.131. The molecule has 1 aromatic heterocycles. The van der Waals surface area contributed by atoms with Gasteiger partial charge in [0, 0.05) is 0 Å². The maximum atomic E-state index is 13.7. The number of aromatic nitrogens is 1. The number of fused-ring (bicyclic) bond motifs is 1.